The number of nitrogens with one attached hydrogen (secondary N) is 3. The highest BCUT2D eigenvalue weighted by Gasteiger charge is 2.24. The number of carbonyl (C=O) groups is 1. The molecule has 150 valence electrons. The van der Waals surface area contributed by atoms with Gasteiger partial charge in [-0.15, -0.1) is 0 Å². The van der Waals surface area contributed by atoms with Crippen LogP contribution in [0.5, 0.6) is 0 Å². The van der Waals surface area contributed by atoms with Crippen LogP contribution in [0.3, 0.4) is 0 Å². The van der Waals surface area contributed by atoms with Crippen molar-refractivity contribution in [2.75, 3.05) is 18.4 Å². The third-order valence-electron chi connectivity index (χ3n) is 5.22. The van der Waals surface area contributed by atoms with Gasteiger partial charge in [0.1, 0.15) is 12.4 Å². The fourth-order valence-electron chi connectivity index (χ4n) is 3.73. The Balaban J connectivity index is 1.48. The van der Waals surface area contributed by atoms with Crippen LogP contribution in [0.4, 0.5) is 5.69 Å². The summed E-state index contributed by atoms with van der Waals surface area (Å²) in [5, 5.41) is 9.62. The van der Waals surface area contributed by atoms with Crippen LogP contribution in [0.15, 0.2) is 53.5 Å². The molecule has 3 aromatic rings. The number of rotatable bonds is 5. The van der Waals surface area contributed by atoms with E-state index in [2.05, 4.69) is 37.6 Å². The summed E-state index contributed by atoms with van der Waals surface area (Å²) in [6, 6.07) is 16.1. The van der Waals surface area contributed by atoms with Crippen LogP contribution in [0.1, 0.15) is 30.7 Å². The van der Waals surface area contributed by atoms with Crippen molar-refractivity contribution in [1.29, 1.82) is 0 Å². The number of para-hydroxylation sites is 3. The maximum atomic E-state index is 12.0. The molecule has 0 saturated heterocycles. The Bertz CT molecular complexity index is 1050. The SMILES string of the molecule is CCNC(=NCc1nc2ccccc2n1C)NCC1CC(=O)Nc2ccccc21. The predicted molar refractivity (Wildman–Crippen MR) is 116 cm³/mol. The second-order valence-corrected chi connectivity index (χ2v) is 7.19. The molecule has 1 aliphatic heterocycles. The minimum absolute atomic E-state index is 0.0529. The number of hydrogen-bond acceptors (Lipinski definition) is 3. The number of imidazole rings is 1. The molecule has 1 aliphatic rings. The van der Waals surface area contributed by atoms with Crippen molar-refractivity contribution < 1.29 is 4.79 Å². The molecule has 1 atom stereocenters. The lowest BCUT2D eigenvalue weighted by Gasteiger charge is -2.26. The molecule has 0 radical (unpaired) electrons. The van der Waals surface area contributed by atoms with E-state index in [9.17, 15) is 4.79 Å². The summed E-state index contributed by atoms with van der Waals surface area (Å²) < 4.78 is 2.07. The molecule has 0 aliphatic carbocycles. The fourth-order valence-corrected chi connectivity index (χ4v) is 3.73. The van der Waals surface area contributed by atoms with Gasteiger partial charge in [-0.25, -0.2) is 9.98 Å². The summed E-state index contributed by atoms with van der Waals surface area (Å²) in [5.74, 6) is 1.80. The standard InChI is InChI=1S/C22H26N6O/c1-3-23-22(25-14-20-26-18-10-6-7-11-19(18)28(20)2)24-13-15-12-21(29)27-17-9-5-4-8-16(15)17/h4-11,15H,3,12-14H2,1-2H3,(H,27,29)(H2,23,24,25). The van der Waals surface area contributed by atoms with Crippen molar-refractivity contribution in [3.63, 3.8) is 0 Å². The van der Waals surface area contributed by atoms with Crippen molar-refractivity contribution in [3.8, 4) is 0 Å². The highest BCUT2D eigenvalue weighted by atomic mass is 16.1. The third-order valence-corrected chi connectivity index (χ3v) is 5.22. The Kier molecular flexibility index (Phi) is 5.46. The monoisotopic (exact) mass is 390 g/mol. The number of aromatic nitrogens is 2. The number of fused-ring (bicyclic) bond motifs is 2. The first-order valence-corrected chi connectivity index (χ1v) is 9.97. The van der Waals surface area contributed by atoms with Crippen molar-refractivity contribution in [3.05, 3.63) is 59.9 Å². The van der Waals surface area contributed by atoms with E-state index >= 15 is 0 Å². The second kappa shape index (κ2) is 8.34. The van der Waals surface area contributed by atoms with Gasteiger partial charge in [0.05, 0.1) is 11.0 Å². The Morgan fingerprint density at radius 1 is 1.21 bits per heavy atom. The molecule has 3 N–H and O–H groups in total. The third kappa shape index (κ3) is 4.08. The minimum Gasteiger partial charge on any atom is -0.357 e. The first-order chi connectivity index (χ1) is 14.2. The number of guanidine groups is 1. The summed E-state index contributed by atoms with van der Waals surface area (Å²) in [7, 11) is 2.01. The van der Waals surface area contributed by atoms with E-state index in [1.807, 2.05) is 50.4 Å². The number of benzene rings is 2. The average Bonchev–Trinajstić information content (AvgIpc) is 3.05. The Labute approximate surface area is 170 Å². The first kappa shape index (κ1) is 19.0. The van der Waals surface area contributed by atoms with Crippen LogP contribution in [0.2, 0.25) is 0 Å². The number of anilines is 1. The topological polar surface area (TPSA) is 83.3 Å². The van der Waals surface area contributed by atoms with Crippen molar-refractivity contribution >= 4 is 28.6 Å². The molecule has 0 saturated carbocycles. The Morgan fingerprint density at radius 2 is 2.00 bits per heavy atom. The van der Waals surface area contributed by atoms with E-state index < -0.39 is 0 Å². The van der Waals surface area contributed by atoms with E-state index in [-0.39, 0.29) is 11.8 Å². The Morgan fingerprint density at radius 3 is 2.83 bits per heavy atom. The van der Waals surface area contributed by atoms with E-state index in [1.54, 1.807) is 0 Å². The van der Waals surface area contributed by atoms with E-state index in [0.29, 0.717) is 19.5 Å². The van der Waals surface area contributed by atoms with Gasteiger partial charge in [0, 0.05) is 38.2 Å². The van der Waals surface area contributed by atoms with Crippen LogP contribution < -0.4 is 16.0 Å². The molecule has 2 heterocycles. The zero-order chi connectivity index (χ0) is 20.2. The predicted octanol–water partition coefficient (Wildman–Crippen LogP) is 2.75. The highest BCUT2D eigenvalue weighted by molar-refractivity contribution is 5.94. The van der Waals surface area contributed by atoms with Crippen LogP contribution in [-0.2, 0) is 18.4 Å². The summed E-state index contributed by atoms with van der Waals surface area (Å²) in [4.78, 5) is 21.4. The van der Waals surface area contributed by atoms with Crippen LogP contribution in [0, 0.1) is 0 Å². The van der Waals surface area contributed by atoms with E-state index in [1.165, 1.54) is 0 Å². The second-order valence-electron chi connectivity index (χ2n) is 7.19. The number of aliphatic imine (C=N–C) groups is 1. The number of amides is 1. The van der Waals surface area contributed by atoms with E-state index in [4.69, 9.17) is 4.99 Å². The van der Waals surface area contributed by atoms with Gasteiger partial charge in [-0.05, 0) is 30.7 Å². The molecule has 0 fully saturated rings. The molecule has 4 rings (SSSR count). The zero-order valence-corrected chi connectivity index (χ0v) is 16.8. The molecular weight excluding hydrogens is 364 g/mol. The molecule has 2 aromatic carbocycles. The van der Waals surface area contributed by atoms with Gasteiger partial charge in [0.25, 0.3) is 0 Å². The van der Waals surface area contributed by atoms with Crippen LogP contribution in [0.25, 0.3) is 11.0 Å². The largest absolute Gasteiger partial charge is 0.357 e. The lowest BCUT2D eigenvalue weighted by atomic mass is 9.90. The molecule has 1 amide bonds. The van der Waals surface area contributed by atoms with Gasteiger partial charge < -0.3 is 20.5 Å². The molecule has 1 unspecified atom stereocenters. The molecule has 1 aromatic heterocycles. The lowest BCUT2D eigenvalue weighted by Crippen LogP contribution is -2.40. The molecular formula is C22H26N6O. The minimum atomic E-state index is 0.0529. The zero-order valence-electron chi connectivity index (χ0n) is 16.8. The number of nitrogens with zero attached hydrogens (tertiary/aromatic N) is 3. The summed E-state index contributed by atoms with van der Waals surface area (Å²) in [6.07, 6.45) is 0.466. The number of hydrogen-bond donors (Lipinski definition) is 3. The molecule has 0 spiro atoms. The van der Waals surface area contributed by atoms with Gasteiger partial charge in [0.15, 0.2) is 5.96 Å². The first-order valence-electron chi connectivity index (χ1n) is 9.97. The molecule has 29 heavy (non-hydrogen) atoms. The lowest BCUT2D eigenvalue weighted by molar-refractivity contribution is -0.116. The maximum absolute atomic E-state index is 12.0. The van der Waals surface area contributed by atoms with Crippen molar-refractivity contribution in [2.45, 2.75) is 25.8 Å². The molecule has 7 heteroatoms. The quantitative estimate of drug-likeness (QED) is 0.462. The van der Waals surface area contributed by atoms with Gasteiger partial charge in [0.2, 0.25) is 5.91 Å². The fraction of sp³-hybridized carbons (Fsp3) is 0.318. The summed E-state index contributed by atoms with van der Waals surface area (Å²) in [6.45, 7) is 3.91. The van der Waals surface area contributed by atoms with Crippen molar-refractivity contribution in [1.82, 2.24) is 20.2 Å². The number of carbonyl (C=O) groups excluding carboxylic acids is 1. The maximum Gasteiger partial charge on any atom is 0.225 e. The summed E-state index contributed by atoms with van der Waals surface area (Å²) >= 11 is 0. The smallest absolute Gasteiger partial charge is 0.225 e. The van der Waals surface area contributed by atoms with Crippen molar-refractivity contribution in [2.24, 2.45) is 12.0 Å². The number of aryl methyl sites for hydroxylation is 1. The van der Waals surface area contributed by atoms with Gasteiger partial charge in [-0.2, -0.15) is 0 Å². The van der Waals surface area contributed by atoms with Crippen LogP contribution >= 0.6 is 0 Å². The van der Waals surface area contributed by atoms with Crippen LogP contribution in [-0.4, -0.2) is 34.5 Å². The Hall–Kier alpha value is -3.35. The molecule has 7 nitrogen and oxygen atoms in total. The average molecular weight is 390 g/mol. The van der Waals surface area contributed by atoms with Gasteiger partial charge in [-0.1, -0.05) is 30.3 Å². The normalized spacial score (nSPS) is 16.4. The van der Waals surface area contributed by atoms with Gasteiger partial charge in [-0.3, -0.25) is 4.79 Å². The molecule has 0 bridgehead atoms. The van der Waals surface area contributed by atoms with Gasteiger partial charge >= 0.3 is 0 Å². The summed E-state index contributed by atoms with van der Waals surface area (Å²) in [5.41, 5.74) is 4.13. The van der Waals surface area contributed by atoms with E-state index in [0.717, 1.165) is 40.6 Å². The highest BCUT2D eigenvalue weighted by Crippen LogP contribution is 2.31.